The first kappa shape index (κ1) is 11.7. The second-order valence-corrected chi connectivity index (χ2v) is 3.94. The zero-order chi connectivity index (χ0) is 12.4. The molecule has 0 aliphatic heterocycles. The summed E-state index contributed by atoms with van der Waals surface area (Å²) in [7, 11) is 1.48. The first-order chi connectivity index (χ1) is 8.11. The van der Waals surface area contributed by atoms with Gasteiger partial charge in [0.2, 0.25) is 0 Å². The van der Waals surface area contributed by atoms with E-state index in [1.54, 1.807) is 12.1 Å². The minimum absolute atomic E-state index is 0.0262. The number of phenols is 1. The number of benzene rings is 2. The fourth-order valence-electron chi connectivity index (χ4n) is 1.61. The summed E-state index contributed by atoms with van der Waals surface area (Å²) in [5.41, 5.74) is 0.904. The normalized spacial score (nSPS) is 10.3. The van der Waals surface area contributed by atoms with Crippen LogP contribution in [0.15, 0.2) is 36.4 Å². The highest BCUT2D eigenvalue weighted by Gasteiger charge is 2.11. The molecule has 0 saturated heterocycles. The smallest absolute Gasteiger partial charge is 0.127 e. The molecule has 4 heteroatoms. The lowest BCUT2D eigenvalue weighted by atomic mass is 10.0. The van der Waals surface area contributed by atoms with Crippen molar-refractivity contribution in [3.05, 3.63) is 47.2 Å². The van der Waals surface area contributed by atoms with E-state index >= 15 is 0 Å². The lowest BCUT2D eigenvalue weighted by Gasteiger charge is -2.10. The van der Waals surface area contributed by atoms with Gasteiger partial charge in [-0.15, -0.1) is 0 Å². The summed E-state index contributed by atoms with van der Waals surface area (Å²) < 4.78 is 18.4. The number of hydrogen-bond acceptors (Lipinski definition) is 2. The molecule has 0 saturated carbocycles. The molecule has 88 valence electrons. The Bertz CT molecular complexity index is 555. The van der Waals surface area contributed by atoms with Crippen LogP contribution in [0.3, 0.4) is 0 Å². The van der Waals surface area contributed by atoms with Gasteiger partial charge in [0, 0.05) is 16.1 Å². The molecular formula is C13H10ClFO2. The van der Waals surface area contributed by atoms with E-state index in [2.05, 4.69) is 0 Å². The van der Waals surface area contributed by atoms with Crippen LogP contribution in [0, 0.1) is 5.82 Å². The van der Waals surface area contributed by atoms with Crippen LogP contribution in [0.4, 0.5) is 4.39 Å². The minimum Gasteiger partial charge on any atom is -0.507 e. The van der Waals surface area contributed by atoms with Gasteiger partial charge in [-0.2, -0.15) is 0 Å². The van der Waals surface area contributed by atoms with E-state index in [1.165, 1.54) is 31.4 Å². The van der Waals surface area contributed by atoms with Crippen molar-refractivity contribution in [2.75, 3.05) is 7.11 Å². The van der Waals surface area contributed by atoms with Crippen LogP contribution in [-0.4, -0.2) is 12.2 Å². The number of halogens is 2. The summed E-state index contributed by atoms with van der Waals surface area (Å²) in [4.78, 5) is 0. The summed E-state index contributed by atoms with van der Waals surface area (Å²) in [6.45, 7) is 0. The fourth-order valence-corrected chi connectivity index (χ4v) is 1.79. The zero-order valence-electron chi connectivity index (χ0n) is 9.08. The predicted molar refractivity (Wildman–Crippen MR) is 65.1 cm³/mol. The van der Waals surface area contributed by atoms with Gasteiger partial charge in [-0.3, -0.25) is 0 Å². The Balaban J connectivity index is 2.66. The van der Waals surface area contributed by atoms with Gasteiger partial charge in [-0.1, -0.05) is 11.6 Å². The van der Waals surface area contributed by atoms with Gasteiger partial charge >= 0.3 is 0 Å². The lowest BCUT2D eigenvalue weighted by molar-refractivity contribution is 0.414. The van der Waals surface area contributed by atoms with Gasteiger partial charge < -0.3 is 9.84 Å². The Morgan fingerprint density at radius 3 is 2.59 bits per heavy atom. The Morgan fingerprint density at radius 1 is 1.12 bits per heavy atom. The van der Waals surface area contributed by atoms with E-state index in [-0.39, 0.29) is 5.75 Å². The lowest BCUT2D eigenvalue weighted by Crippen LogP contribution is -1.89. The molecule has 0 unspecified atom stereocenters. The van der Waals surface area contributed by atoms with Crippen LogP contribution in [0.2, 0.25) is 5.02 Å². The second-order valence-electron chi connectivity index (χ2n) is 3.51. The minimum atomic E-state index is -0.403. The molecule has 0 aromatic heterocycles. The van der Waals surface area contributed by atoms with Gasteiger partial charge in [0.05, 0.1) is 7.11 Å². The van der Waals surface area contributed by atoms with Gasteiger partial charge in [-0.25, -0.2) is 4.39 Å². The molecule has 2 aromatic carbocycles. The standard InChI is InChI=1S/C13H10ClFO2/c1-17-13-5-3-9(15)7-11(13)10-6-8(14)2-4-12(10)16/h2-7,16H,1H3. The Hall–Kier alpha value is -1.74. The summed E-state index contributed by atoms with van der Waals surface area (Å²) in [6.07, 6.45) is 0. The Morgan fingerprint density at radius 2 is 1.88 bits per heavy atom. The van der Waals surface area contributed by atoms with E-state index in [9.17, 15) is 9.50 Å². The maximum Gasteiger partial charge on any atom is 0.127 e. The molecule has 0 aliphatic carbocycles. The van der Waals surface area contributed by atoms with Crippen molar-refractivity contribution in [2.24, 2.45) is 0 Å². The number of phenolic OH excluding ortho intramolecular Hbond substituents is 1. The highest BCUT2D eigenvalue weighted by atomic mass is 35.5. The van der Waals surface area contributed by atoms with Crippen molar-refractivity contribution in [3.8, 4) is 22.6 Å². The number of ether oxygens (including phenoxy) is 1. The molecule has 0 radical (unpaired) electrons. The van der Waals surface area contributed by atoms with E-state index in [4.69, 9.17) is 16.3 Å². The van der Waals surface area contributed by atoms with E-state index in [1.807, 2.05) is 0 Å². The van der Waals surface area contributed by atoms with Crippen LogP contribution < -0.4 is 4.74 Å². The first-order valence-electron chi connectivity index (χ1n) is 4.94. The van der Waals surface area contributed by atoms with Crippen molar-refractivity contribution in [1.82, 2.24) is 0 Å². The number of aromatic hydroxyl groups is 1. The average molecular weight is 253 g/mol. The summed E-state index contributed by atoms with van der Waals surface area (Å²) >= 11 is 5.86. The molecule has 0 spiro atoms. The van der Waals surface area contributed by atoms with Crippen LogP contribution in [0.25, 0.3) is 11.1 Å². The fraction of sp³-hybridized carbons (Fsp3) is 0.0769. The maximum absolute atomic E-state index is 13.2. The van der Waals surface area contributed by atoms with Gasteiger partial charge in [0.25, 0.3) is 0 Å². The van der Waals surface area contributed by atoms with Crippen molar-refractivity contribution in [3.63, 3.8) is 0 Å². The monoisotopic (exact) mass is 252 g/mol. The van der Waals surface area contributed by atoms with E-state index in [0.29, 0.717) is 21.9 Å². The van der Waals surface area contributed by atoms with Crippen LogP contribution in [0.1, 0.15) is 0 Å². The van der Waals surface area contributed by atoms with Crippen molar-refractivity contribution >= 4 is 11.6 Å². The number of methoxy groups -OCH3 is 1. The van der Waals surface area contributed by atoms with Gasteiger partial charge in [0.15, 0.2) is 0 Å². The topological polar surface area (TPSA) is 29.5 Å². The second kappa shape index (κ2) is 4.63. The molecule has 0 fully saturated rings. The SMILES string of the molecule is COc1ccc(F)cc1-c1cc(Cl)ccc1O. The molecule has 2 aromatic rings. The molecule has 1 N–H and O–H groups in total. The average Bonchev–Trinajstić information content (AvgIpc) is 2.32. The van der Waals surface area contributed by atoms with Crippen molar-refractivity contribution < 1.29 is 14.2 Å². The molecule has 2 rings (SSSR count). The highest BCUT2D eigenvalue weighted by molar-refractivity contribution is 6.31. The summed E-state index contributed by atoms with van der Waals surface area (Å²) in [5, 5.41) is 10.2. The molecule has 0 amide bonds. The molecular weight excluding hydrogens is 243 g/mol. The van der Waals surface area contributed by atoms with E-state index < -0.39 is 5.82 Å². The molecule has 0 aliphatic rings. The van der Waals surface area contributed by atoms with Crippen LogP contribution in [-0.2, 0) is 0 Å². The third-order valence-electron chi connectivity index (χ3n) is 2.41. The van der Waals surface area contributed by atoms with Gasteiger partial charge in [0.1, 0.15) is 17.3 Å². The molecule has 2 nitrogen and oxygen atoms in total. The van der Waals surface area contributed by atoms with Crippen LogP contribution >= 0.6 is 11.6 Å². The third-order valence-corrected chi connectivity index (χ3v) is 2.65. The molecule has 17 heavy (non-hydrogen) atoms. The highest BCUT2D eigenvalue weighted by Crippen LogP contribution is 2.37. The quantitative estimate of drug-likeness (QED) is 0.879. The van der Waals surface area contributed by atoms with Crippen molar-refractivity contribution in [2.45, 2.75) is 0 Å². The molecule has 0 bridgehead atoms. The largest absolute Gasteiger partial charge is 0.507 e. The summed E-state index contributed by atoms with van der Waals surface area (Å²) in [5.74, 6) is 0.0995. The Kier molecular flexibility index (Phi) is 3.20. The first-order valence-corrected chi connectivity index (χ1v) is 5.32. The summed E-state index contributed by atoms with van der Waals surface area (Å²) in [6, 6.07) is 8.68. The van der Waals surface area contributed by atoms with E-state index in [0.717, 1.165) is 0 Å². The molecule has 0 atom stereocenters. The Labute approximate surface area is 103 Å². The predicted octanol–water partition coefficient (Wildman–Crippen LogP) is 3.86. The molecule has 0 heterocycles. The zero-order valence-corrected chi connectivity index (χ0v) is 9.83. The number of hydrogen-bond donors (Lipinski definition) is 1. The third kappa shape index (κ3) is 2.34. The number of rotatable bonds is 2. The van der Waals surface area contributed by atoms with Gasteiger partial charge in [-0.05, 0) is 36.4 Å². The maximum atomic E-state index is 13.2. The van der Waals surface area contributed by atoms with Crippen molar-refractivity contribution in [1.29, 1.82) is 0 Å². The van der Waals surface area contributed by atoms with Crippen LogP contribution in [0.5, 0.6) is 11.5 Å².